The first-order valence-electron chi connectivity index (χ1n) is 11.5. The quantitative estimate of drug-likeness (QED) is 0.483. The summed E-state index contributed by atoms with van der Waals surface area (Å²) in [7, 11) is 3.50. The van der Waals surface area contributed by atoms with Crippen LogP contribution in [0.1, 0.15) is 23.4 Å². The fraction of sp³-hybridized carbons (Fsp3) is 0.385. The van der Waals surface area contributed by atoms with Crippen LogP contribution in [0.4, 0.5) is 4.39 Å². The van der Waals surface area contributed by atoms with E-state index in [2.05, 4.69) is 10.5 Å². The van der Waals surface area contributed by atoms with Crippen LogP contribution in [0.3, 0.4) is 0 Å². The van der Waals surface area contributed by atoms with Gasteiger partial charge in [-0.15, -0.1) is 0 Å². The van der Waals surface area contributed by atoms with E-state index in [9.17, 15) is 14.3 Å². The molecule has 9 heteroatoms. The Hall–Kier alpha value is -3.43. The first-order valence-corrected chi connectivity index (χ1v) is 11.5. The van der Waals surface area contributed by atoms with E-state index in [1.54, 1.807) is 32.2 Å². The van der Waals surface area contributed by atoms with Crippen LogP contribution in [0.5, 0.6) is 11.5 Å². The van der Waals surface area contributed by atoms with Gasteiger partial charge >= 0.3 is 0 Å². The summed E-state index contributed by atoms with van der Waals surface area (Å²) in [5, 5.41) is 18.1. The van der Waals surface area contributed by atoms with E-state index in [1.165, 1.54) is 12.1 Å². The molecule has 186 valence electrons. The molecule has 1 aromatic heterocycles. The fourth-order valence-corrected chi connectivity index (χ4v) is 4.57. The number of carbonyl (C=O) groups excluding carboxylic acids is 1. The molecule has 4 atom stereocenters. The molecule has 0 spiro atoms. The predicted octanol–water partition coefficient (Wildman–Crippen LogP) is 2.87. The van der Waals surface area contributed by atoms with Crippen molar-refractivity contribution in [2.45, 2.75) is 50.6 Å². The van der Waals surface area contributed by atoms with E-state index in [0.29, 0.717) is 30.2 Å². The summed E-state index contributed by atoms with van der Waals surface area (Å²) in [5.74, 6) is 0.889. The summed E-state index contributed by atoms with van der Waals surface area (Å²) >= 11 is 0. The number of benzene rings is 2. The number of aliphatic hydroxyl groups is 1. The highest BCUT2D eigenvalue weighted by Crippen LogP contribution is 2.30. The molecule has 1 saturated carbocycles. The van der Waals surface area contributed by atoms with Gasteiger partial charge in [-0.25, -0.2) is 4.39 Å². The van der Waals surface area contributed by atoms with Crippen molar-refractivity contribution < 1.29 is 28.3 Å². The minimum atomic E-state index is -0.917. The first kappa shape index (κ1) is 24.7. The SMILES string of the molecule is COc1ccc(CN(C)[C@@H]2[C@@H](O)[C@H](Oc3cccc(F)c3)C[C@H]2NC(=O)Cc2cc(C)no2)cc1. The van der Waals surface area contributed by atoms with Gasteiger partial charge in [-0.05, 0) is 43.8 Å². The number of hydrogen-bond donors (Lipinski definition) is 2. The molecule has 1 fully saturated rings. The Balaban J connectivity index is 1.50. The van der Waals surface area contributed by atoms with Gasteiger partial charge in [0.25, 0.3) is 0 Å². The van der Waals surface area contributed by atoms with Crippen molar-refractivity contribution >= 4 is 5.91 Å². The Bertz CT molecular complexity index is 1140. The van der Waals surface area contributed by atoms with E-state index in [4.69, 9.17) is 14.0 Å². The highest BCUT2D eigenvalue weighted by molar-refractivity contribution is 5.78. The minimum Gasteiger partial charge on any atom is -0.497 e. The van der Waals surface area contributed by atoms with E-state index < -0.39 is 30.1 Å². The summed E-state index contributed by atoms with van der Waals surface area (Å²) < 4.78 is 30.0. The number of carbonyl (C=O) groups is 1. The summed E-state index contributed by atoms with van der Waals surface area (Å²) in [6.45, 7) is 2.32. The second-order valence-electron chi connectivity index (χ2n) is 8.88. The normalized spacial score (nSPS) is 21.8. The van der Waals surface area contributed by atoms with E-state index in [1.807, 2.05) is 36.2 Å². The number of methoxy groups -OCH3 is 1. The van der Waals surface area contributed by atoms with Crippen LogP contribution in [0.15, 0.2) is 59.1 Å². The zero-order valence-electron chi connectivity index (χ0n) is 20.0. The molecule has 1 aliphatic carbocycles. The van der Waals surface area contributed by atoms with Crippen molar-refractivity contribution in [2.75, 3.05) is 14.2 Å². The van der Waals surface area contributed by atoms with Crippen molar-refractivity contribution in [3.63, 3.8) is 0 Å². The summed E-state index contributed by atoms with van der Waals surface area (Å²) in [4.78, 5) is 14.8. The van der Waals surface area contributed by atoms with E-state index in [0.717, 1.165) is 11.3 Å². The Labute approximate surface area is 203 Å². The fourth-order valence-electron chi connectivity index (χ4n) is 4.57. The van der Waals surface area contributed by atoms with Crippen molar-refractivity contribution in [3.8, 4) is 11.5 Å². The number of nitrogens with one attached hydrogen (secondary N) is 1. The third-order valence-corrected chi connectivity index (χ3v) is 6.17. The maximum absolute atomic E-state index is 13.7. The number of hydrogen-bond acceptors (Lipinski definition) is 7. The van der Waals surface area contributed by atoms with Gasteiger partial charge in [0.05, 0.1) is 31.3 Å². The third-order valence-electron chi connectivity index (χ3n) is 6.17. The summed E-state index contributed by atoms with van der Waals surface area (Å²) in [6.07, 6.45) is -1.15. The second kappa shape index (κ2) is 10.9. The van der Waals surface area contributed by atoms with Crippen molar-refractivity contribution in [1.29, 1.82) is 0 Å². The Morgan fingerprint density at radius 2 is 2.00 bits per heavy atom. The first-order chi connectivity index (χ1) is 16.8. The maximum atomic E-state index is 13.7. The molecule has 8 nitrogen and oxygen atoms in total. The molecule has 0 unspecified atom stereocenters. The van der Waals surface area contributed by atoms with Gasteiger partial charge in [-0.1, -0.05) is 23.4 Å². The molecule has 1 aliphatic rings. The average molecular weight is 484 g/mol. The molecule has 0 bridgehead atoms. The molecule has 3 aromatic rings. The lowest BCUT2D eigenvalue weighted by Gasteiger charge is -2.32. The monoisotopic (exact) mass is 483 g/mol. The molecule has 2 aromatic carbocycles. The highest BCUT2D eigenvalue weighted by atomic mass is 19.1. The van der Waals surface area contributed by atoms with Gasteiger partial charge in [-0.2, -0.15) is 0 Å². The zero-order chi connectivity index (χ0) is 24.9. The van der Waals surface area contributed by atoms with Crippen molar-refractivity contribution in [3.05, 3.63) is 77.4 Å². The average Bonchev–Trinajstić information content (AvgIpc) is 3.36. The number of halogens is 1. The number of aromatic nitrogens is 1. The number of aliphatic hydroxyl groups excluding tert-OH is 1. The van der Waals surface area contributed by atoms with Gasteiger partial charge in [0, 0.05) is 25.1 Å². The highest BCUT2D eigenvalue weighted by Gasteiger charge is 2.46. The second-order valence-corrected chi connectivity index (χ2v) is 8.88. The van der Waals surface area contributed by atoms with Crippen LogP contribution in [-0.4, -0.2) is 59.5 Å². The van der Waals surface area contributed by atoms with Gasteiger partial charge in [0.2, 0.25) is 5.91 Å². The van der Waals surface area contributed by atoms with Gasteiger partial charge in [0.1, 0.15) is 35.3 Å². The Morgan fingerprint density at radius 3 is 2.66 bits per heavy atom. The summed E-state index contributed by atoms with van der Waals surface area (Å²) in [5.41, 5.74) is 1.72. The van der Waals surface area contributed by atoms with Crippen LogP contribution in [-0.2, 0) is 17.8 Å². The Morgan fingerprint density at radius 1 is 1.23 bits per heavy atom. The molecule has 35 heavy (non-hydrogen) atoms. The van der Waals surface area contributed by atoms with Crippen LogP contribution < -0.4 is 14.8 Å². The van der Waals surface area contributed by atoms with E-state index >= 15 is 0 Å². The van der Waals surface area contributed by atoms with Crippen LogP contribution in [0.2, 0.25) is 0 Å². The van der Waals surface area contributed by atoms with Gasteiger partial charge in [0.15, 0.2) is 0 Å². The van der Waals surface area contributed by atoms with Gasteiger partial charge in [-0.3, -0.25) is 9.69 Å². The number of rotatable bonds is 9. The standard InChI is InChI=1S/C26H30FN3O5/c1-16-11-21(35-29-16)13-24(31)28-22-14-23(34-20-6-4-5-18(27)12-20)26(32)25(22)30(2)15-17-7-9-19(33-3)10-8-17/h4-12,22-23,25-26,32H,13-15H2,1-3H3,(H,28,31)/t22-,23-,25+,26+/m1/s1. The lowest BCUT2D eigenvalue weighted by Crippen LogP contribution is -2.52. The zero-order valence-corrected chi connectivity index (χ0v) is 20.0. The predicted molar refractivity (Wildman–Crippen MR) is 127 cm³/mol. The number of nitrogens with zero attached hydrogens (tertiary/aromatic N) is 2. The molecule has 1 heterocycles. The van der Waals surface area contributed by atoms with Crippen LogP contribution in [0.25, 0.3) is 0 Å². The smallest absolute Gasteiger partial charge is 0.228 e. The molecular formula is C26H30FN3O5. The molecule has 1 amide bonds. The number of likely N-dealkylation sites (N-methyl/N-ethyl adjacent to an activating group) is 1. The molecule has 0 saturated heterocycles. The molecule has 0 radical (unpaired) electrons. The number of amides is 1. The summed E-state index contributed by atoms with van der Waals surface area (Å²) in [6, 6.07) is 14.4. The molecule has 0 aliphatic heterocycles. The largest absolute Gasteiger partial charge is 0.497 e. The topological polar surface area (TPSA) is 97.1 Å². The van der Waals surface area contributed by atoms with Gasteiger partial charge < -0.3 is 24.4 Å². The van der Waals surface area contributed by atoms with Crippen LogP contribution >= 0.6 is 0 Å². The molecular weight excluding hydrogens is 453 g/mol. The Kier molecular flexibility index (Phi) is 7.67. The maximum Gasteiger partial charge on any atom is 0.228 e. The lowest BCUT2D eigenvalue weighted by atomic mass is 10.1. The van der Waals surface area contributed by atoms with E-state index in [-0.39, 0.29) is 12.3 Å². The third kappa shape index (κ3) is 6.17. The minimum absolute atomic E-state index is 0.0395. The van der Waals surface area contributed by atoms with Crippen LogP contribution in [0, 0.1) is 12.7 Å². The molecule has 4 rings (SSSR count). The van der Waals surface area contributed by atoms with Crippen molar-refractivity contribution in [2.24, 2.45) is 0 Å². The molecule has 2 N–H and O–H groups in total. The number of ether oxygens (including phenoxy) is 2. The lowest BCUT2D eigenvalue weighted by molar-refractivity contribution is -0.121. The number of aryl methyl sites for hydroxylation is 1. The van der Waals surface area contributed by atoms with Crippen molar-refractivity contribution in [1.82, 2.24) is 15.4 Å².